The molecule has 186 valence electrons. The fourth-order valence-electron chi connectivity index (χ4n) is 4.87. The number of nitrogens with zero attached hydrogens (tertiary/aromatic N) is 3. The number of nitrogens with two attached hydrogens (primary N) is 1. The fraction of sp³-hybridized carbons (Fsp3) is 0.696. The van der Waals surface area contributed by atoms with Gasteiger partial charge in [0.05, 0.1) is 5.92 Å². The third kappa shape index (κ3) is 7.36. The summed E-state index contributed by atoms with van der Waals surface area (Å²) in [5, 5.41) is 3.18. The smallest absolute Gasteiger partial charge is 0.317 e. The molecule has 1 saturated heterocycles. The second-order valence-corrected chi connectivity index (χ2v) is 9.04. The number of amides is 2. The van der Waals surface area contributed by atoms with Crippen LogP contribution in [0.4, 0.5) is 10.6 Å². The Kier molecular flexibility index (Phi) is 11.0. The zero-order chi connectivity index (χ0) is 21.6. The van der Waals surface area contributed by atoms with Gasteiger partial charge in [-0.15, -0.1) is 24.8 Å². The van der Waals surface area contributed by atoms with Crippen LogP contribution in [0, 0.1) is 5.92 Å². The maximum absolute atomic E-state index is 12.7. The average molecular weight is 502 g/mol. The number of rotatable bonds is 5. The van der Waals surface area contributed by atoms with Crippen molar-refractivity contribution in [3.05, 3.63) is 23.9 Å². The molecule has 1 aromatic rings. The van der Waals surface area contributed by atoms with Crippen molar-refractivity contribution in [1.29, 1.82) is 0 Å². The van der Waals surface area contributed by atoms with Gasteiger partial charge in [-0.3, -0.25) is 4.79 Å². The Hall–Kier alpha value is -1.77. The minimum Gasteiger partial charge on any atom is -0.462 e. The predicted molar refractivity (Wildman–Crippen MR) is 133 cm³/mol. The first-order chi connectivity index (χ1) is 15.1. The highest BCUT2D eigenvalue weighted by Crippen LogP contribution is 2.28. The second-order valence-electron chi connectivity index (χ2n) is 9.04. The molecule has 2 aliphatic carbocycles. The number of piperazine rings is 1. The van der Waals surface area contributed by atoms with Crippen LogP contribution in [0.15, 0.2) is 18.3 Å². The lowest BCUT2D eigenvalue weighted by Crippen LogP contribution is -2.54. The van der Waals surface area contributed by atoms with Gasteiger partial charge in [0.2, 0.25) is 0 Å². The van der Waals surface area contributed by atoms with Crippen LogP contribution in [0.5, 0.6) is 0 Å². The van der Waals surface area contributed by atoms with Crippen molar-refractivity contribution in [2.75, 3.05) is 31.1 Å². The molecule has 1 aliphatic heterocycles. The third-order valence-electron chi connectivity index (χ3n) is 6.91. The van der Waals surface area contributed by atoms with E-state index in [2.05, 4.69) is 15.2 Å². The molecule has 0 bridgehead atoms. The van der Waals surface area contributed by atoms with E-state index in [1.54, 1.807) is 0 Å². The minimum absolute atomic E-state index is 0. The molecule has 1 aromatic heterocycles. The summed E-state index contributed by atoms with van der Waals surface area (Å²) >= 11 is 0. The van der Waals surface area contributed by atoms with Crippen LogP contribution in [0.3, 0.4) is 0 Å². The number of anilines is 1. The van der Waals surface area contributed by atoms with Crippen LogP contribution in [0.1, 0.15) is 56.9 Å². The lowest BCUT2D eigenvalue weighted by molar-refractivity contribution is -0.155. The number of nitrogens with one attached hydrogen (secondary N) is 1. The van der Waals surface area contributed by atoms with E-state index in [4.69, 9.17) is 10.5 Å². The van der Waals surface area contributed by atoms with Crippen molar-refractivity contribution in [3.8, 4) is 0 Å². The molecule has 0 spiro atoms. The van der Waals surface area contributed by atoms with E-state index < -0.39 is 0 Å². The van der Waals surface area contributed by atoms with Crippen LogP contribution in [0.2, 0.25) is 0 Å². The first-order valence-corrected chi connectivity index (χ1v) is 11.8. The molecule has 33 heavy (non-hydrogen) atoms. The lowest BCUT2D eigenvalue weighted by atomic mass is 9.86. The molecule has 0 atom stereocenters. The monoisotopic (exact) mass is 501 g/mol. The molecule has 0 aromatic carbocycles. The Morgan fingerprint density at radius 1 is 1.00 bits per heavy atom. The standard InChI is InChI=1S/C23H35N5O3.2ClH/c24-15-17-5-10-21(25-16-17)27-11-13-28(14-12-27)23(30)26-19-8-6-18(7-9-19)22(29)31-20-3-1-2-4-20;;/h5,10,16,18-20H,1-4,6-9,11-15,24H2,(H,26,30);2*1H/t18-,19-;;. The van der Waals surface area contributed by atoms with Gasteiger partial charge in [0.25, 0.3) is 0 Å². The number of hydrogen-bond acceptors (Lipinski definition) is 6. The van der Waals surface area contributed by atoms with Gasteiger partial charge in [0, 0.05) is 45.0 Å². The molecule has 0 unspecified atom stereocenters. The summed E-state index contributed by atoms with van der Waals surface area (Å²) in [6.45, 7) is 3.37. The Labute approximate surface area is 208 Å². The Balaban J connectivity index is 0.00000193. The summed E-state index contributed by atoms with van der Waals surface area (Å²) in [5.41, 5.74) is 6.65. The first-order valence-electron chi connectivity index (χ1n) is 11.8. The summed E-state index contributed by atoms with van der Waals surface area (Å²) in [7, 11) is 0. The molecule has 10 heteroatoms. The van der Waals surface area contributed by atoms with E-state index in [0.29, 0.717) is 19.6 Å². The zero-order valence-electron chi connectivity index (χ0n) is 19.1. The summed E-state index contributed by atoms with van der Waals surface area (Å²) < 4.78 is 5.67. The Morgan fingerprint density at radius 2 is 1.67 bits per heavy atom. The van der Waals surface area contributed by atoms with Gasteiger partial charge in [-0.25, -0.2) is 9.78 Å². The van der Waals surface area contributed by atoms with Gasteiger partial charge in [-0.05, 0) is 63.0 Å². The maximum Gasteiger partial charge on any atom is 0.317 e. The molecule has 3 N–H and O–H groups in total. The Bertz CT molecular complexity index is 745. The predicted octanol–water partition coefficient (Wildman–Crippen LogP) is 3.26. The number of carbonyl (C=O) groups excluding carboxylic acids is 2. The van der Waals surface area contributed by atoms with Gasteiger partial charge < -0.3 is 25.6 Å². The van der Waals surface area contributed by atoms with Gasteiger partial charge >= 0.3 is 12.0 Å². The van der Waals surface area contributed by atoms with Gasteiger partial charge in [0.15, 0.2) is 0 Å². The summed E-state index contributed by atoms with van der Waals surface area (Å²) in [6, 6.07) is 4.14. The highest BCUT2D eigenvalue weighted by molar-refractivity contribution is 5.85. The summed E-state index contributed by atoms with van der Waals surface area (Å²) in [6.07, 6.45) is 9.60. The molecule has 3 aliphatic rings. The van der Waals surface area contributed by atoms with Gasteiger partial charge in [-0.1, -0.05) is 6.07 Å². The molecule has 2 saturated carbocycles. The third-order valence-corrected chi connectivity index (χ3v) is 6.91. The van der Waals surface area contributed by atoms with E-state index in [0.717, 1.165) is 63.0 Å². The van der Waals surface area contributed by atoms with Crippen LogP contribution in [-0.4, -0.2) is 60.2 Å². The van der Waals surface area contributed by atoms with Crippen molar-refractivity contribution in [2.45, 2.75) is 70.1 Å². The van der Waals surface area contributed by atoms with Crippen molar-refractivity contribution < 1.29 is 14.3 Å². The van der Waals surface area contributed by atoms with Crippen LogP contribution in [-0.2, 0) is 16.1 Å². The quantitative estimate of drug-likeness (QED) is 0.600. The van der Waals surface area contributed by atoms with Crippen LogP contribution >= 0.6 is 24.8 Å². The minimum atomic E-state index is -0.0269. The highest BCUT2D eigenvalue weighted by atomic mass is 35.5. The molecule has 8 nitrogen and oxygen atoms in total. The van der Waals surface area contributed by atoms with Gasteiger partial charge in [0.1, 0.15) is 11.9 Å². The number of halogens is 2. The number of carbonyl (C=O) groups is 2. The van der Waals surface area contributed by atoms with E-state index in [-0.39, 0.29) is 54.9 Å². The van der Waals surface area contributed by atoms with Crippen molar-refractivity contribution in [1.82, 2.24) is 15.2 Å². The Morgan fingerprint density at radius 3 is 2.24 bits per heavy atom. The largest absolute Gasteiger partial charge is 0.462 e. The number of pyridine rings is 1. The number of hydrogen-bond donors (Lipinski definition) is 2. The molecule has 4 rings (SSSR count). The SMILES string of the molecule is Cl.Cl.NCc1ccc(N2CCN(C(=O)N[C@H]3CC[C@H](C(=O)OC4CCCC4)CC3)CC2)nc1. The van der Waals surface area contributed by atoms with Crippen LogP contribution < -0.4 is 16.0 Å². The van der Waals surface area contributed by atoms with Gasteiger partial charge in [-0.2, -0.15) is 0 Å². The first kappa shape index (κ1) is 27.5. The van der Waals surface area contributed by atoms with Crippen molar-refractivity contribution in [3.63, 3.8) is 0 Å². The molecule has 2 heterocycles. The maximum atomic E-state index is 12.7. The normalized spacial score (nSPS) is 23.3. The second kappa shape index (κ2) is 13.2. The topological polar surface area (TPSA) is 101 Å². The fourth-order valence-corrected chi connectivity index (χ4v) is 4.87. The van der Waals surface area contributed by atoms with E-state index in [1.807, 2.05) is 23.2 Å². The molecular weight excluding hydrogens is 465 g/mol. The zero-order valence-corrected chi connectivity index (χ0v) is 20.7. The molecule has 3 fully saturated rings. The summed E-state index contributed by atoms with van der Waals surface area (Å²) in [4.78, 5) is 33.7. The number of urea groups is 1. The number of esters is 1. The highest BCUT2D eigenvalue weighted by Gasteiger charge is 2.31. The van der Waals surface area contributed by atoms with Crippen molar-refractivity contribution in [2.24, 2.45) is 11.7 Å². The van der Waals surface area contributed by atoms with E-state index in [9.17, 15) is 9.59 Å². The number of ether oxygens (including phenoxy) is 1. The van der Waals surface area contributed by atoms with E-state index >= 15 is 0 Å². The van der Waals surface area contributed by atoms with Crippen LogP contribution in [0.25, 0.3) is 0 Å². The molecule has 2 amide bonds. The number of aromatic nitrogens is 1. The van der Waals surface area contributed by atoms with E-state index in [1.165, 1.54) is 12.8 Å². The lowest BCUT2D eigenvalue weighted by Gasteiger charge is -2.37. The average Bonchev–Trinajstić information content (AvgIpc) is 3.33. The van der Waals surface area contributed by atoms with Crippen molar-refractivity contribution >= 4 is 42.6 Å². The summed E-state index contributed by atoms with van der Waals surface area (Å²) in [5.74, 6) is 0.899. The molecule has 0 radical (unpaired) electrons. The molecular formula is C23H37Cl2N5O3.